The molecule has 134 valence electrons. The van der Waals surface area contributed by atoms with E-state index in [0.717, 1.165) is 5.69 Å². The van der Waals surface area contributed by atoms with Gasteiger partial charge in [-0.3, -0.25) is 9.69 Å². The third kappa shape index (κ3) is 2.56. The molecule has 0 saturated heterocycles. The van der Waals surface area contributed by atoms with Crippen LogP contribution in [0.2, 0.25) is 0 Å². The summed E-state index contributed by atoms with van der Waals surface area (Å²) in [5.74, 6) is -0.683. The van der Waals surface area contributed by atoms with E-state index in [0.29, 0.717) is 29.1 Å². The van der Waals surface area contributed by atoms with Crippen molar-refractivity contribution in [1.29, 1.82) is 5.26 Å². The number of amides is 1. The third-order valence-corrected chi connectivity index (χ3v) is 4.84. The van der Waals surface area contributed by atoms with Crippen LogP contribution < -0.4 is 4.90 Å². The van der Waals surface area contributed by atoms with Crippen LogP contribution >= 0.6 is 0 Å². The Bertz CT molecular complexity index is 1080. The van der Waals surface area contributed by atoms with Gasteiger partial charge in [0.05, 0.1) is 17.4 Å². The average Bonchev–Trinajstić information content (AvgIpc) is 3.10. The smallest absolute Gasteiger partial charge is 0.258 e. The number of nitrogens with zero attached hydrogens (tertiary/aromatic N) is 3. The molecule has 0 aliphatic carbocycles. The highest BCUT2D eigenvalue weighted by Gasteiger charge is 2.36. The first kappa shape index (κ1) is 16.9. The molecular formula is C21H16FN3O2. The van der Waals surface area contributed by atoms with E-state index in [-0.39, 0.29) is 17.7 Å². The number of nitriles is 1. The first-order valence-electron chi connectivity index (χ1n) is 8.59. The zero-order valence-corrected chi connectivity index (χ0v) is 14.6. The van der Waals surface area contributed by atoms with Gasteiger partial charge >= 0.3 is 0 Å². The summed E-state index contributed by atoms with van der Waals surface area (Å²) >= 11 is 0. The van der Waals surface area contributed by atoms with Crippen LogP contribution in [0.25, 0.3) is 5.69 Å². The molecule has 3 aromatic rings. The molecule has 1 atom stereocenters. The van der Waals surface area contributed by atoms with Crippen molar-refractivity contribution in [1.82, 2.24) is 4.57 Å². The van der Waals surface area contributed by atoms with Crippen molar-refractivity contribution in [3.05, 3.63) is 77.4 Å². The average molecular weight is 361 g/mol. The van der Waals surface area contributed by atoms with Crippen molar-refractivity contribution in [2.75, 3.05) is 4.90 Å². The van der Waals surface area contributed by atoms with Gasteiger partial charge in [0.25, 0.3) is 5.91 Å². The highest BCUT2D eigenvalue weighted by Crippen LogP contribution is 2.42. The summed E-state index contributed by atoms with van der Waals surface area (Å²) in [5, 5.41) is 18.9. The number of aromatic hydroxyl groups is 1. The topological polar surface area (TPSA) is 69.3 Å². The Morgan fingerprint density at radius 3 is 2.56 bits per heavy atom. The molecule has 2 aromatic carbocycles. The number of fused-ring (bicyclic) bond motifs is 3. The molecule has 0 bridgehead atoms. The second-order valence-electron chi connectivity index (χ2n) is 6.37. The lowest BCUT2D eigenvalue weighted by molar-refractivity contribution is 0.0973. The molecule has 0 saturated carbocycles. The van der Waals surface area contributed by atoms with Crippen LogP contribution in [0.4, 0.5) is 10.1 Å². The molecule has 2 heterocycles. The van der Waals surface area contributed by atoms with E-state index in [9.17, 15) is 19.6 Å². The summed E-state index contributed by atoms with van der Waals surface area (Å²) in [6, 6.07) is 15.5. The quantitative estimate of drug-likeness (QED) is 0.740. The van der Waals surface area contributed by atoms with Crippen molar-refractivity contribution in [3.8, 4) is 17.5 Å². The lowest BCUT2D eigenvalue weighted by Gasteiger charge is -2.38. The highest BCUT2D eigenvalue weighted by atomic mass is 19.1. The molecule has 4 rings (SSSR count). The van der Waals surface area contributed by atoms with Crippen LogP contribution in [0, 0.1) is 17.1 Å². The molecule has 0 fully saturated rings. The molecule has 0 spiro atoms. The molecule has 1 aromatic heterocycles. The number of halogens is 1. The first-order valence-corrected chi connectivity index (χ1v) is 8.59. The molecule has 1 aliphatic rings. The molecule has 27 heavy (non-hydrogen) atoms. The predicted octanol–water partition coefficient (Wildman–Crippen LogP) is 4.31. The van der Waals surface area contributed by atoms with Crippen molar-refractivity contribution in [2.24, 2.45) is 0 Å². The standard InChI is InChI=1S/C21H16FN3O2/c1-2-17-18-10-6-15(12-23)24(18)19-9-5-14(22)11-20(19)25(17)21(27)13-3-7-16(26)8-4-13/h3-11,17,26H,2H2,1H3/t17-/m0/s1. The summed E-state index contributed by atoms with van der Waals surface area (Å²) in [7, 11) is 0. The Kier molecular flexibility index (Phi) is 3.93. The Morgan fingerprint density at radius 2 is 1.89 bits per heavy atom. The summed E-state index contributed by atoms with van der Waals surface area (Å²) in [4.78, 5) is 14.9. The van der Waals surface area contributed by atoms with Crippen molar-refractivity contribution in [2.45, 2.75) is 19.4 Å². The molecule has 5 nitrogen and oxygen atoms in total. The minimum Gasteiger partial charge on any atom is -0.508 e. The maximum atomic E-state index is 14.1. The van der Waals surface area contributed by atoms with Gasteiger partial charge in [-0.25, -0.2) is 4.39 Å². The minimum absolute atomic E-state index is 0.0659. The summed E-state index contributed by atoms with van der Waals surface area (Å²) in [6.45, 7) is 1.94. The second kappa shape index (κ2) is 6.29. The van der Waals surface area contributed by atoms with E-state index in [1.165, 1.54) is 36.4 Å². The second-order valence-corrected chi connectivity index (χ2v) is 6.37. The third-order valence-electron chi connectivity index (χ3n) is 4.84. The van der Waals surface area contributed by atoms with Gasteiger partial charge in [0.1, 0.15) is 23.3 Å². The number of phenolic OH excluding ortho intramolecular Hbond substituents is 1. The van der Waals surface area contributed by atoms with E-state index < -0.39 is 5.82 Å². The van der Waals surface area contributed by atoms with Gasteiger partial charge in [-0.05, 0) is 61.0 Å². The SMILES string of the molecule is CC[C@H]1c2ccc(C#N)n2-c2ccc(F)cc2N1C(=O)c1ccc(O)cc1. The Morgan fingerprint density at radius 1 is 1.15 bits per heavy atom. The van der Waals surface area contributed by atoms with Crippen LogP contribution in [0.5, 0.6) is 5.75 Å². The summed E-state index contributed by atoms with van der Waals surface area (Å²) in [6.07, 6.45) is 0.592. The van der Waals surface area contributed by atoms with Crippen LogP contribution in [0.1, 0.15) is 41.1 Å². The van der Waals surface area contributed by atoms with Gasteiger partial charge in [-0.15, -0.1) is 0 Å². The van der Waals surface area contributed by atoms with Crippen LogP contribution in [-0.4, -0.2) is 15.6 Å². The Hall–Kier alpha value is -3.59. The number of benzene rings is 2. The van der Waals surface area contributed by atoms with E-state index >= 15 is 0 Å². The molecule has 1 aliphatic heterocycles. The fourth-order valence-corrected chi connectivity index (χ4v) is 3.63. The summed E-state index contributed by atoms with van der Waals surface area (Å²) in [5.41, 5.74) is 2.64. The number of phenols is 1. The van der Waals surface area contributed by atoms with Gasteiger partial charge in [-0.2, -0.15) is 5.26 Å². The number of aromatic nitrogens is 1. The Balaban J connectivity index is 1.94. The van der Waals surface area contributed by atoms with Crippen LogP contribution in [0.15, 0.2) is 54.6 Å². The van der Waals surface area contributed by atoms with Gasteiger partial charge in [0.15, 0.2) is 0 Å². The molecule has 0 radical (unpaired) electrons. The monoisotopic (exact) mass is 361 g/mol. The number of hydrogen-bond donors (Lipinski definition) is 1. The van der Waals surface area contributed by atoms with Gasteiger partial charge in [-0.1, -0.05) is 6.92 Å². The fourth-order valence-electron chi connectivity index (χ4n) is 3.63. The molecular weight excluding hydrogens is 345 g/mol. The summed E-state index contributed by atoms with van der Waals surface area (Å²) < 4.78 is 15.8. The zero-order chi connectivity index (χ0) is 19.1. The number of carbonyl (C=O) groups excluding carboxylic acids is 1. The number of carbonyl (C=O) groups is 1. The van der Waals surface area contributed by atoms with E-state index in [1.807, 2.05) is 13.0 Å². The van der Waals surface area contributed by atoms with E-state index in [1.54, 1.807) is 21.6 Å². The number of rotatable bonds is 2. The fraction of sp³-hybridized carbons (Fsp3) is 0.143. The van der Waals surface area contributed by atoms with Crippen LogP contribution in [-0.2, 0) is 0 Å². The van der Waals surface area contributed by atoms with E-state index in [2.05, 4.69) is 6.07 Å². The normalized spacial score (nSPS) is 15.0. The lowest BCUT2D eigenvalue weighted by atomic mass is 10.0. The molecule has 1 amide bonds. The minimum atomic E-state index is -0.457. The highest BCUT2D eigenvalue weighted by molar-refractivity contribution is 6.08. The zero-order valence-electron chi connectivity index (χ0n) is 14.6. The van der Waals surface area contributed by atoms with Crippen molar-refractivity contribution in [3.63, 3.8) is 0 Å². The predicted molar refractivity (Wildman–Crippen MR) is 98.4 cm³/mol. The Labute approximate surface area is 155 Å². The van der Waals surface area contributed by atoms with Crippen LogP contribution in [0.3, 0.4) is 0 Å². The van der Waals surface area contributed by atoms with Gasteiger partial charge in [0.2, 0.25) is 0 Å². The van der Waals surface area contributed by atoms with Crippen molar-refractivity contribution >= 4 is 11.6 Å². The number of anilines is 1. The largest absolute Gasteiger partial charge is 0.508 e. The maximum Gasteiger partial charge on any atom is 0.258 e. The van der Waals surface area contributed by atoms with E-state index in [4.69, 9.17) is 0 Å². The van der Waals surface area contributed by atoms with Crippen molar-refractivity contribution < 1.29 is 14.3 Å². The molecule has 0 unspecified atom stereocenters. The van der Waals surface area contributed by atoms with Gasteiger partial charge < -0.3 is 9.67 Å². The number of hydrogen-bond acceptors (Lipinski definition) is 3. The lowest BCUT2D eigenvalue weighted by Crippen LogP contribution is -2.39. The van der Waals surface area contributed by atoms with Gasteiger partial charge in [0, 0.05) is 11.3 Å². The maximum absolute atomic E-state index is 14.1. The first-order chi connectivity index (χ1) is 13.0. The molecule has 6 heteroatoms. The molecule has 1 N–H and O–H groups in total.